The smallest absolute Gasteiger partial charge is 0.0572 e. The zero-order valence-electron chi connectivity index (χ0n) is 17.1. The summed E-state index contributed by atoms with van der Waals surface area (Å²) in [6.45, 7) is 9.34. The molecular formula is C23H47O. The van der Waals surface area contributed by atoms with Gasteiger partial charge in [-0.1, -0.05) is 117 Å². The summed E-state index contributed by atoms with van der Waals surface area (Å²) in [4.78, 5) is 0. The van der Waals surface area contributed by atoms with E-state index in [0.717, 1.165) is 19.4 Å². The average Bonchev–Trinajstić information content (AvgIpc) is 2.61. The fraction of sp³-hybridized carbons (Fsp3) is 0.957. The lowest BCUT2D eigenvalue weighted by atomic mass is 10.0. The number of hydrogen-bond acceptors (Lipinski definition) is 1. The SMILES string of the molecule is [CH2]CC(CC)OCCCCCCCCCCCCCCCCCC. The van der Waals surface area contributed by atoms with Gasteiger partial charge in [0.15, 0.2) is 0 Å². The van der Waals surface area contributed by atoms with Gasteiger partial charge in [0.2, 0.25) is 0 Å². The second kappa shape index (κ2) is 21.0. The van der Waals surface area contributed by atoms with E-state index in [1.54, 1.807) is 0 Å². The molecule has 0 rings (SSSR count). The third-order valence-electron chi connectivity index (χ3n) is 5.13. The number of hydrogen-bond donors (Lipinski definition) is 0. The Labute approximate surface area is 154 Å². The van der Waals surface area contributed by atoms with Gasteiger partial charge >= 0.3 is 0 Å². The van der Waals surface area contributed by atoms with Crippen LogP contribution in [0.25, 0.3) is 0 Å². The van der Waals surface area contributed by atoms with Crippen LogP contribution in [0.4, 0.5) is 0 Å². The Morgan fingerprint density at radius 2 is 0.958 bits per heavy atom. The van der Waals surface area contributed by atoms with Crippen molar-refractivity contribution >= 4 is 0 Å². The first-order valence-electron chi connectivity index (χ1n) is 11.3. The molecular weight excluding hydrogens is 292 g/mol. The number of unbranched alkanes of at least 4 members (excludes halogenated alkanes) is 15. The van der Waals surface area contributed by atoms with Crippen molar-refractivity contribution < 1.29 is 4.74 Å². The van der Waals surface area contributed by atoms with E-state index in [4.69, 9.17) is 4.74 Å². The maximum Gasteiger partial charge on any atom is 0.0572 e. The fourth-order valence-electron chi connectivity index (χ4n) is 3.31. The molecule has 0 spiro atoms. The first-order valence-corrected chi connectivity index (χ1v) is 11.3. The Morgan fingerprint density at radius 3 is 1.29 bits per heavy atom. The van der Waals surface area contributed by atoms with E-state index in [0.29, 0.717) is 6.10 Å². The zero-order chi connectivity index (χ0) is 17.7. The molecule has 0 aliphatic carbocycles. The first kappa shape index (κ1) is 24.0. The molecule has 1 radical (unpaired) electrons. The van der Waals surface area contributed by atoms with E-state index in [2.05, 4.69) is 20.8 Å². The number of rotatable bonds is 20. The van der Waals surface area contributed by atoms with Gasteiger partial charge in [0, 0.05) is 6.61 Å². The highest BCUT2D eigenvalue weighted by Gasteiger charge is 2.02. The van der Waals surface area contributed by atoms with E-state index in [1.807, 2.05) is 0 Å². The van der Waals surface area contributed by atoms with Crippen molar-refractivity contribution in [1.82, 2.24) is 0 Å². The van der Waals surface area contributed by atoms with E-state index >= 15 is 0 Å². The van der Waals surface area contributed by atoms with Crippen molar-refractivity contribution in [3.05, 3.63) is 6.92 Å². The highest BCUT2D eigenvalue weighted by molar-refractivity contribution is 4.56. The summed E-state index contributed by atoms with van der Waals surface area (Å²) in [5.74, 6) is 0. The zero-order valence-corrected chi connectivity index (χ0v) is 17.1. The lowest BCUT2D eigenvalue weighted by Crippen LogP contribution is -2.11. The molecule has 0 saturated carbocycles. The Bertz CT molecular complexity index is 210. The molecule has 0 bridgehead atoms. The third-order valence-corrected chi connectivity index (χ3v) is 5.13. The van der Waals surface area contributed by atoms with Gasteiger partial charge in [-0.25, -0.2) is 0 Å². The minimum atomic E-state index is 0.390. The van der Waals surface area contributed by atoms with Crippen molar-refractivity contribution in [3.63, 3.8) is 0 Å². The van der Waals surface area contributed by atoms with Gasteiger partial charge < -0.3 is 4.74 Å². The topological polar surface area (TPSA) is 9.23 Å². The van der Waals surface area contributed by atoms with Crippen LogP contribution in [0.5, 0.6) is 0 Å². The van der Waals surface area contributed by atoms with Crippen molar-refractivity contribution in [2.45, 2.75) is 136 Å². The summed E-state index contributed by atoms with van der Waals surface area (Å²) in [5.41, 5.74) is 0. The second-order valence-corrected chi connectivity index (χ2v) is 7.49. The molecule has 145 valence electrons. The summed E-state index contributed by atoms with van der Waals surface area (Å²) in [6, 6.07) is 0. The summed E-state index contributed by atoms with van der Waals surface area (Å²) in [5, 5.41) is 0. The predicted octanol–water partition coefficient (Wildman–Crippen LogP) is 8.27. The van der Waals surface area contributed by atoms with Gasteiger partial charge in [0.1, 0.15) is 0 Å². The molecule has 0 aliphatic heterocycles. The van der Waals surface area contributed by atoms with Gasteiger partial charge in [-0.15, -0.1) is 0 Å². The van der Waals surface area contributed by atoms with E-state index in [-0.39, 0.29) is 0 Å². The fourth-order valence-corrected chi connectivity index (χ4v) is 3.31. The third kappa shape index (κ3) is 18.3. The van der Waals surface area contributed by atoms with Crippen LogP contribution in [-0.4, -0.2) is 12.7 Å². The molecule has 1 unspecified atom stereocenters. The Balaban J connectivity index is 3.03. The lowest BCUT2D eigenvalue weighted by molar-refractivity contribution is 0.0497. The van der Waals surface area contributed by atoms with Gasteiger partial charge in [0.05, 0.1) is 6.10 Å². The standard InChI is InChI=1S/C23H47O/c1-4-7-8-9-10-11-12-13-14-15-16-17-18-19-20-21-22-24-23(5-2)6-3/h23H,2,4-22H2,1,3H3. The molecule has 0 fully saturated rings. The molecule has 0 heterocycles. The average molecular weight is 340 g/mol. The van der Waals surface area contributed by atoms with Gasteiger partial charge in [-0.2, -0.15) is 0 Å². The molecule has 0 aromatic rings. The van der Waals surface area contributed by atoms with Gasteiger partial charge in [-0.05, 0) is 19.3 Å². The monoisotopic (exact) mass is 339 g/mol. The van der Waals surface area contributed by atoms with Crippen LogP contribution in [0.3, 0.4) is 0 Å². The molecule has 0 amide bonds. The van der Waals surface area contributed by atoms with Crippen molar-refractivity contribution in [3.8, 4) is 0 Å². The van der Waals surface area contributed by atoms with Gasteiger partial charge in [0.25, 0.3) is 0 Å². The summed E-state index contributed by atoms with van der Waals surface area (Å²) < 4.78 is 5.80. The van der Waals surface area contributed by atoms with Crippen molar-refractivity contribution in [1.29, 1.82) is 0 Å². The molecule has 0 aliphatic rings. The second-order valence-electron chi connectivity index (χ2n) is 7.49. The van der Waals surface area contributed by atoms with Crippen LogP contribution in [0.2, 0.25) is 0 Å². The molecule has 1 atom stereocenters. The van der Waals surface area contributed by atoms with Crippen LogP contribution in [-0.2, 0) is 4.74 Å². The maximum atomic E-state index is 5.80. The summed E-state index contributed by atoms with van der Waals surface area (Å²) >= 11 is 0. The normalized spacial score (nSPS) is 11.5. The molecule has 24 heavy (non-hydrogen) atoms. The minimum absolute atomic E-state index is 0.390. The van der Waals surface area contributed by atoms with Crippen LogP contribution in [0, 0.1) is 6.92 Å². The summed E-state index contributed by atoms with van der Waals surface area (Å²) in [7, 11) is 0. The molecule has 0 aromatic heterocycles. The van der Waals surface area contributed by atoms with Gasteiger partial charge in [-0.3, -0.25) is 0 Å². The first-order chi connectivity index (χ1) is 11.8. The lowest BCUT2D eigenvalue weighted by Gasteiger charge is -2.13. The van der Waals surface area contributed by atoms with Crippen LogP contribution in [0.1, 0.15) is 129 Å². The van der Waals surface area contributed by atoms with Crippen molar-refractivity contribution in [2.75, 3.05) is 6.61 Å². The van der Waals surface area contributed by atoms with Crippen molar-refractivity contribution in [2.24, 2.45) is 0 Å². The Hall–Kier alpha value is -0.0400. The quantitative estimate of drug-likeness (QED) is 0.203. The maximum absolute atomic E-state index is 5.80. The molecule has 1 heteroatoms. The molecule has 0 saturated heterocycles. The van der Waals surface area contributed by atoms with E-state index in [9.17, 15) is 0 Å². The minimum Gasteiger partial charge on any atom is -0.378 e. The summed E-state index contributed by atoms with van der Waals surface area (Å²) in [6.07, 6.45) is 25.2. The Kier molecular flexibility index (Phi) is 21.0. The molecule has 0 aromatic carbocycles. The van der Waals surface area contributed by atoms with E-state index < -0.39 is 0 Å². The predicted molar refractivity (Wildman–Crippen MR) is 110 cm³/mol. The highest BCUT2D eigenvalue weighted by Crippen LogP contribution is 2.14. The van der Waals surface area contributed by atoms with E-state index in [1.165, 1.54) is 103 Å². The van der Waals surface area contributed by atoms with Crippen LogP contribution < -0.4 is 0 Å². The van der Waals surface area contributed by atoms with Crippen LogP contribution >= 0.6 is 0 Å². The van der Waals surface area contributed by atoms with Crippen LogP contribution in [0.15, 0.2) is 0 Å². The number of ether oxygens (including phenoxy) is 1. The largest absolute Gasteiger partial charge is 0.378 e. The molecule has 0 N–H and O–H groups in total. The molecule has 1 nitrogen and oxygen atoms in total. The Morgan fingerprint density at radius 1 is 0.583 bits per heavy atom. The highest BCUT2D eigenvalue weighted by atomic mass is 16.5.